The summed E-state index contributed by atoms with van der Waals surface area (Å²) in [4.78, 5) is 41.9. The number of benzene rings is 1. The van der Waals surface area contributed by atoms with Crippen molar-refractivity contribution < 1.29 is 19.1 Å². The van der Waals surface area contributed by atoms with E-state index in [1.54, 1.807) is 41.9 Å². The van der Waals surface area contributed by atoms with Crippen molar-refractivity contribution in [1.82, 2.24) is 9.88 Å². The molecule has 0 unspecified atom stereocenters. The summed E-state index contributed by atoms with van der Waals surface area (Å²) in [6.07, 6.45) is 3.42. The first-order chi connectivity index (χ1) is 13.5. The van der Waals surface area contributed by atoms with Crippen LogP contribution in [0.15, 0.2) is 40.7 Å². The van der Waals surface area contributed by atoms with E-state index in [9.17, 15) is 14.4 Å². The monoisotopic (exact) mass is 433 g/mol. The Morgan fingerprint density at radius 1 is 1.32 bits per heavy atom. The fraction of sp³-hybridized carbons (Fsp3) is 0.167. The Morgan fingerprint density at radius 3 is 2.71 bits per heavy atom. The summed E-state index contributed by atoms with van der Waals surface area (Å²) in [5.74, 6) is -0.894. The molecule has 7 nitrogen and oxygen atoms in total. The minimum Gasteiger partial charge on any atom is -0.465 e. The number of hydrogen-bond donors (Lipinski definition) is 1. The van der Waals surface area contributed by atoms with E-state index >= 15 is 0 Å². The van der Waals surface area contributed by atoms with Gasteiger partial charge in [-0.3, -0.25) is 14.5 Å². The lowest BCUT2D eigenvalue weighted by Crippen LogP contribution is -2.31. The normalized spacial score (nSPS) is 15.2. The third-order valence-corrected chi connectivity index (χ3v) is 5.81. The van der Waals surface area contributed by atoms with E-state index in [1.165, 1.54) is 35.1 Å². The number of carbonyl (C=O) groups excluding carboxylic acids is 3. The molecule has 0 spiro atoms. The standard InChI is InChI=1S/C18H15N3O4S3/c1-25-16(24)12-4-2-11(3-5-12)10-13-15(23)21(18(26)28-13)8-6-14(22)20-17-19-7-9-27-17/h2-5,7,9-10H,6,8H2,1H3,(H,19,20,22)/b13-10-. The minimum atomic E-state index is -0.422. The Morgan fingerprint density at radius 2 is 2.07 bits per heavy atom. The maximum absolute atomic E-state index is 12.6. The van der Waals surface area contributed by atoms with E-state index in [1.807, 2.05) is 0 Å². The lowest BCUT2D eigenvalue weighted by molar-refractivity contribution is -0.122. The number of aromatic nitrogens is 1. The zero-order chi connectivity index (χ0) is 20.1. The molecule has 1 aromatic carbocycles. The Balaban J connectivity index is 1.61. The van der Waals surface area contributed by atoms with Crippen molar-refractivity contribution in [2.45, 2.75) is 6.42 Å². The summed E-state index contributed by atoms with van der Waals surface area (Å²) in [5.41, 5.74) is 1.19. The number of thiazole rings is 1. The van der Waals surface area contributed by atoms with Gasteiger partial charge >= 0.3 is 5.97 Å². The van der Waals surface area contributed by atoms with Crippen LogP contribution >= 0.6 is 35.3 Å². The number of ether oxygens (including phenoxy) is 1. The second-order valence-corrected chi connectivity index (χ2v) is 8.15. The minimum absolute atomic E-state index is 0.118. The fourth-order valence-electron chi connectivity index (χ4n) is 2.36. The van der Waals surface area contributed by atoms with Crippen molar-refractivity contribution in [2.75, 3.05) is 19.0 Å². The topological polar surface area (TPSA) is 88.6 Å². The summed E-state index contributed by atoms with van der Waals surface area (Å²) in [6.45, 7) is 0.195. The first kappa shape index (κ1) is 20.2. The average molecular weight is 434 g/mol. The van der Waals surface area contributed by atoms with Crippen LogP contribution in [0.2, 0.25) is 0 Å². The van der Waals surface area contributed by atoms with Gasteiger partial charge in [0.15, 0.2) is 5.13 Å². The highest BCUT2D eigenvalue weighted by Crippen LogP contribution is 2.32. The predicted molar refractivity (Wildman–Crippen MR) is 113 cm³/mol. The first-order valence-electron chi connectivity index (χ1n) is 8.11. The van der Waals surface area contributed by atoms with E-state index in [-0.39, 0.29) is 24.8 Å². The molecule has 0 atom stereocenters. The van der Waals surface area contributed by atoms with Gasteiger partial charge in [-0.05, 0) is 23.8 Å². The maximum atomic E-state index is 12.6. The second kappa shape index (κ2) is 9.09. The molecular formula is C18H15N3O4S3. The number of anilines is 1. The maximum Gasteiger partial charge on any atom is 0.337 e. The van der Waals surface area contributed by atoms with Crippen LogP contribution in [0.1, 0.15) is 22.3 Å². The third-order valence-electron chi connectivity index (χ3n) is 3.74. The highest BCUT2D eigenvalue weighted by atomic mass is 32.2. The number of esters is 1. The molecule has 0 radical (unpaired) electrons. The molecule has 3 rings (SSSR count). The highest BCUT2D eigenvalue weighted by molar-refractivity contribution is 8.26. The van der Waals surface area contributed by atoms with Gasteiger partial charge in [0.1, 0.15) is 4.32 Å². The average Bonchev–Trinajstić information content (AvgIpc) is 3.28. The van der Waals surface area contributed by atoms with Crippen molar-refractivity contribution in [3.8, 4) is 0 Å². The van der Waals surface area contributed by atoms with Crippen molar-refractivity contribution in [1.29, 1.82) is 0 Å². The molecule has 1 saturated heterocycles. The number of rotatable bonds is 6. The number of thiocarbonyl (C=S) groups is 1. The Labute approximate surface area is 174 Å². The lowest BCUT2D eigenvalue weighted by Gasteiger charge is -2.13. The molecule has 1 aliphatic heterocycles. The van der Waals surface area contributed by atoms with Gasteiger partial charge in [0.2, 0.25) is 5.91 Å². The summed E-state index contributed by atoms with van der Waals surface area (Å²) >= 11 is 7.78. The van der Waals surface area contributed by atoms with Crippen LogP contribution in [0.25, 0.3) is 6.08 Å². The molecule has 1 N–H and O–H groups in total. The van der Waals surface area contributed by atoms with Crippen LogP contribution in [0, 0.1) is 0 Å². The number of hydrogen-bond acceptors (Lipinski definition) is 8. The summed E-state index contributed by atoms with van der Waals surface area (Å²) in [5, 5.41) is 4.96. The van der Waals surface area contributed by atoms with Gasteiger partial charge in [0.05, 0.1) is 17.6 Å². The van der Waals surface area contributed by atoms with Crippen LogP contribution in [-0.2, 0) is 14.3 Å². The molecule has 2 amide bonds. The number of nitrogens with one attached hydrogen (secondary N) is 1. The molecule has 1 fully saturated rings. The zero-order valence-corrected chi connectivity index (χ0v) is 17.2. The van der Waals surface area contributed by atoms with Gasteiger partial charge in [0.25, 0.3) is 5.91 Å². The molecule has 144 valence electrons. The highest BCUT2D eigenvalue weighted by Gasteiger charge is 2.32. The molecule has 0 saturated carbocycles. The predicted octanol–water partition coefficient (Wildman–Crippen LogP) is 3.16. The van der Waals surface area contributed by atoms with Crippen molar-refractivity contribution in [3.05, 3.63) is 51.9 Å². The first-order valence-corrected chi connectivity index (χ1v) is 10.2. The van der Waals surface area contributed by atoms with Gasteiger partial charge in [-0.25, -0.2) is 9.78 Å². The van der Waals surface area contributed by atoms with Crippen LogP contribution in [0.4, 0.5) is 5.13 Å². The van der Waals surface area contributed by atoms with Crippen molar-refractivity contribution in [3.63, 3.8) is 0 Å². The molecule has 10 heteroatoms. The number of amides is 2. The molecule has 1 aromatic heterocycles. The van der Waals surface area contributed by atoms with Gasteiger partial charge in [-0.2, -0.15) is 0 Å². The molecule has 0 bridgehead atoms. The molecule has 28 heavy (non-hydrogen) atoms. The quantitative estimate of drug-likeness (QED) is 0.425. The molecule has 2 heterocycles. The third kappa shape index (κ3) is 4.83. The van der Waals surface area contributed by atoms with Gasteiger partial charge in [-0.1, -0.05) is 36.1 Å². The fourth-order valence-corrected chi connectivity index (χ4v) is 4.21. The number of thioether (sulfide) groups is 1. The zero-order valence-electron chi connectivity index (χ0n) is 14.7. The smallest absolute Gasteiger partial charge is 0.337 e. The Kier molecular flexibility index (Phi) is 6.55. The van der Waals surface area contributed by atoms with Crippen molar-refractivity contribution >= 4 is 68.6 Å². The summed E-state index contributed by atoms with van der Waals surface area (Å²) < 4.78 is 5.07. The molecular weight excluding hydrogens is 418 g/mol. The summed E-state index contributed by atoms with van der Waals surface area (Å²) in [7, 11) is 1.32. The molecule has 2 aromatic rings. The Bertz CT molecular complexity index is 939. The largest absolute Gasteiger partial charge is 0.465 e. The van der Waals surface area contributed by atoms with Crippen LogP contribution in [0.3, 0.4) is 0 Å². The van der Waals surface area contributed by atoms with Gasteiger partial charge < -0.3 is 10.1 Å². The Hall–Kier alpha value is -2.56. The van der Waals surface area contributed by atoms with E-state index < -0.39 is 5.97 Å². The van der Waals surface area contributed by atoms with E-state index in [4.69, 9.17) is 12.2 Å². The second-order valence-electron chi connectivity index (χ2n) is 5.58. The van der Waals surface area contributed by atoms with Gasteiger partial charge in [0, 0.05) is 24.5 Å². The molecule has 1 aliphatic rings. The van der Waals surface area contributed by atoms with E-state index in [2.05, 4.69) is 15.0 Å². The number of nitrogens with zero attached hydrogens (tertiary/aromatic N) is 2. The number of carbonyl (C=O) groups is 3. The van der Waals surface area contributed by atoms with Crippen LogP contribution < -0.4 is 5.32 Å². The van der Waals surface area contributed by atoms with Crippen LogP contribution in [-0.4, -0.2) is 45.6 Å². The summed E-state index contributed by atoms with van der Waals surface area (Å²) in [6, 6.07) is 6.70. The molecule has 0 aliphatic carbocycles. The van der Waals surface area contributed by atoms with E-state index in [0.717, 1.165) is 5.56 Å². The van der Waals surface area contributed by atoms with E-state index in [0.29, 0.717) is 19.9 Å². The lowest BCUT2D eigenvalue weighted by atomic mass is 10.1. The SMILES string of the molecule is COC(=O)c1ccc(/C=C2\SC(=S)N(CCC(=O)Nc3nccs3)C2=O)cc1. The number of methoxy groups -OCH3 is 1. The van der Waals surface area contributed by atoms with Crippen LogP contribution in [0.5, 0.6) is 0 Å². The van der Waals surface area contributed by atoms with Crippen molar-refractivity contribution in [2.24, 2.45) is 0 Å². The van der Waals surface area contributed by atoms with Gasteiger partial charge in [-0.15, -0.1) is 11.3 Å².